The van der Waals surface area contributed by atoms with E-state index in [0.717, 1.165) is 26.1 Å². The standard InChI is InChI=1S/C25H31ClN4O4S2/c26-19-7-6-8-21(17-19)35(31,32)24-22-9-2-3-10-23(22)28-25(24)36(33,34)30-16-12-27-20(18-30)11-15-29-13-4-1-5-14-29/h2-3,6-10,17,20,27-28H,1,4-5,11-16,18H2. The summed E-state index contributed by atoms with van der Waals surface area (Å²) < 4.78 is 56.8. The Morgan fingerprint density at radius 2 is 1.72 bits per heavy atom. The molecular weight excluding hydrogens is 520 g/mol. The molecule has 1 aromatic heterocycles. The number of para-hydroxylation sites is 1. The van der Waals surface area contributed by atoms with Crippen LogP contribution < -0.4 is 5.32 Å². The lowest BCUT2D eigenvalue weighted by Gasteiger charge is -2.34. The van der Waals surface area contributed by atoms with E-state index in [0.29, 0.717) is 24.0 Å². The Labute approximate surface area is 217 Å². The Balaban J connectivity index is 1.48. The van der Waals surface area contributed by atoms with Gasteiger partial charge in [-0.1, -0.05) is 42.3 Å². The molecule has 2 N–H and O–H groups in total. The summed E-state index contributed by atoms with van der Waals surface area (Å²) in [6.45, 7) is 4.19. The van der Waals surface area contributed by atoms with Crippen LogP contribution in [0.3, 0.4) is 0 Å². The highest BCUT2D eigenvalue weighted by molar-refractivity contribution is 7.93. The number of H-pyrrole nitrogens is 1. The number of aromatic amines is 1. The zero-order chi connectivity index (χ0) is 25.3. The fraction of sp³-hybridized carbons (Fsp3) is 0.440. The van der Waals surface area contributed by atoms with E-state index in [2.05, 4.69) is 15.2 Å². The van der Waals surface area contributed by atoms with Gasteiger partial charge in [0.25, 0.3) is 10.0 Å². The van der Waals surface area contributed by atoms with Crippen molar-refractivity contribution in [3.8, 4) is 0 Å². The zero-order valence-electron chi connectivity index (χ0n) is 20.0. The van der Waals surface area contributed by atoms with Crippen molar-refractivity contribution in [3.05, 3.63) is 53.6 Å². The van der Waals surface area contributed by atoms with Crippen molar-refractivity contribution in [2.24, 2.45) is 0 Å². The average Bonchev–Trinajstić information content (AvgIpc) is 3.30. The second-order valence-corrected chi connectivity index (χ2v) is 13.7. The van der Waals surface area contributed by atoms with Crippen LogP contribution in [0.25, 0.3) is 10.9 Å². The van der Waals surface area contributed by atoms with Crippen molar-refractivity contribution < 1.29 is 16.8 Å². The molecule has 3 aromatic rings. The predicted molar refractivity (Wildman–Crippen MR) is 141 cm³/mol. The van der Waals surface area contributed by atoms with Crippen LogP contribution in [0.4, 0.5) is 0 Å². The molecular formula is C25H31ClN4O4S2. The van der Waals surface area contributed by atoms with Crippen LogP contribution in [-0.2, 0) is 19.9 Å². The Morgan fingerprint density at radius 1 is 0.944 bits per heavy atom. The molecule has 5 rings (SSSR count). The van der Waals surface area contributed by atoms with Crippen molar-refractivity contribution >= 4 is 42.4 Å². The van der Waals surface area contributed by atoms with Gasteiger partial charge < -0.3 is 15.2 Å². The zero-order valence-corrected chi connectivity index (χ0v) is 22.4. The highest BCUT2D eigenvalue weighted by atomic mass is 35.5. The van der Waals surface area contributed by atoms with E-state index in [1.165, 1.54) is 35.7 Å². The number of hydrogen-bond donors (Lipinski definition) is 2. The van der Waals surface area contributed by atoms with E-state index < -0.39 is 19.9 Å². The molecule has 0 spiro atoms. The molecule has 3 heterocycles. The van der Waals surface area contributed by atoms with Crippen LogP contribution in [0.2, 0.25) is 5.02 Å². The summed E-state index contributed by atoms with van der Waals surface area (Å²) in [5.74, 6) is 0. The number of halogens is 1. The normalized spacial score (nSPS) is 20.6. The molecule has 2 aromatic carbocycles. The van der Waals surface area contributed by atoms with Gasteiger partial charge in [-0.25, -0.2) is 16.8 Å². The summed E-state index contributed by atoms with van der Waals surface area (Å²) in [6, 6.07) is 12.7. The number of sulfonamides is 1. The maximum absolute atomic E-state index is 13.9. The Kier molecular flexibility index (Phi) is 7.44. The largest absolute Gasteiger partial charge is 0.343 e. The lowest BCUT2D eigenvalue weighted by atomic mass is 10.1. The first-order valence-electron chi connectivity index (χ1n) is 12.3. The van der Waals surface area contributed by atoms with Crippen LogP contribution in [0.5, 0.6) is 0 Å². The molecule has 0 saturated carbocycles. The van der Waals surface area contributed by atoms with E-state index >= 15 is 0 Å². The average molecular weight is 551 g/mol. The number of piperazine rings is 1. The summed E-state index contributed by atoms with van der Waals surface area (Å²) in [5, 5.41) is 3.75. The number of likely N-dealkylation sites (tertiary alicyclic amines) is 1. The lowest BCUT2D eigenvalue weighted by Crippen LogP contribution is -2.53. The molecule has 0 radical (unpaired) electrons. The van der Waals surface area contributed by atoms with Gasteiger partial charge in [0.1, 0.15) is 4.90 Å². The van der Waals surface area contributed by atoms with Crippen molar-refractivity contribution in [1.29, 1.82) is 0 Å². The van der Waals surface area contributed by atoms with Crippen molar-refractivity contribution in [2.75, 3.05) is 39.3 Å². The molecule has 194 valence electrons. The number of nitrogens with zero attached hydrogens (tertiary/aromatic N) is 2. The third-order valence-corrected chi connectivity index (χ3v) is 11.1. The van der Waals surface area contributed by atoms with Crippen LogP contribution >= 0.6 is 11.6 Å². The van der Waals surface area contributed by atoms with Crippen molar-refractivity contribution in [2.45, 2.75) is 46.5 Å². The van der Waals surface area contributed by atoms with E-state index in [1.807, 2.05) is 0 Å². The van der Waals surface area contributed by atoms with Gasteiger partial charge in [0, 0.05) is 41.6 Å². The molecule has 2 aliphatic heterocycles. The van der Waals surface area contributed by atoms with Gasteiger partial charge in [-0.15, -0.1) is 0 Å². The van der Waals surface area contributed by atoms with Gasteiger partial charge in [-0.05, 0) is 63.2 Å². The minimum absolute atomic E-state index is 0.00724. The van der Waals surface area contributed by atoms with Crippen molar-refractivity contribution in [3.63, 3.8) is 0 Å². The van der Waals surface area contributed by atoms with Gasteiger partial charge >= 0.3 is 0 Å². The summed E-state index contributed by atoms with van der Waals surface area (Å²) >= 11 is 6.07. The molecule has 1 unspecified atom stereocenters. The first-order valence-corrected chi connectivity index (χ1v) is 15.6. The third kappa shape index (κ3) is 5.07. The molecule has 8 nitrogen and oxygen atoms in total. The lowest BCUT2D eigenvalue weighted by molar-refractivity contribution is 0.202. The van der Waals surface area contributed by atoms with E-state index in [-0.39, 0.29) is 32.4 Å². The van der Waals surface area contributed by atoms with Gasteiger partial charge in [-0.2, -0.15) is 4.31 Å². The number of benzene rings is 2. The molecule has 0 amide bonds. The first-order chi connectivity index (χ1) is 17.3. The fourth-order valence-corrected chi connectivity index (χ4v) is 9.14. The maximum atomic E-state index is 13.9. The topological polar surface area (TPSA) is 103 Å². The molecule has 11 heteroatoms. The highest BCUT2D eigenvalue weighted by Crippen LogP contribution is 2.36. The molecule has 0 bridgehead atoms. The number of fused-ring (bicyclic) bond motifs is 1. The van der Waals surface area contributed by atoms with E-state index in [9.17, 15) is 16.8 Å². The fourth-order valence-electron chi connectivity index (χ4n) is 5.15. The smallest absolute Gasteiger partial charge is 0.259 e. The second kappa shape index (κ2) is 10.4. The van der Waals surface area contributed by atoms with Crippen LogP contribution in [0, 0.1) is 0 Å². The summed E-state index contributed by atoms with van der Waals surface area (Å²) in [5.41, 5.74) is 0.452. The predicted octanol–water partition coefficient (Wildman–Crippen LogP) is 3.49. The van der Waals surface area contributed by atoms with Gasteiger partial charge in [0.05, 0.1) is 4.90 Å². The van der Waals surface area contributed by atoms with E-state index in [4.69, 9.17) is 11.6 Å². The number of aromatic nitrogens is 1. The quantitative estimate of drug-likeness (QED) is 0.467. The third-order valence-electron chi connectivity index (χ3n) is 7.06. The molecule has 2 saturated heterocycles. The Bertz CT molecular complexity index is 1450. The number of sulfone groups is 1. The number of nitrogens with one attached hydrogen (secondary N) is 2. The van der Waals surface area contributed by atoms with Gasteiger partial charge in [0.2, 0.25) is 9.84 Å². The molecule has 36 heavy (non-hydrogen) atoms. The number of hydrogen-bond acceptors (Lipinski definition) is 6. The number of rotatable bonds is 7. The Morgan fingerprint density at radius 3 is 2.50 bits per heavy atom. The molecule has 1 atom stereocenters. The van der Waals surface area contributed by atoms with E-state index in [1.54, 1.807) is 36.4 Å². The Hall–Kier alpha value is -1.95. The van der Waals surface area contributed by atoms with Gasteiger partial charge in [-0.3, -0.25) is 0 Å². The summed E-state index contributed by atoms with van der Waals surface area (Å²) in [6.07, 6.45) is 4.53. The summed E-state index contributed by atoms with van der Waals surface area (Å²) in [7, 11) is -8.30. The second-order valence-electron chi connectivity index (χ2n) is 9.49. The molecule has 2 aliphatic rings. The van der Waals surface area contributed by atoms with Crippen LogP contribution in [-0.4, -0.2) is 76.3 Å². The maximum Gasteiger partial charge on any atom is 0.259 e. The SMILES string of the molecule is O=S(=O)(c1cccc(Cl)c1)c1c(S(=O)(=O)N2CCNC(CCN3CCCCC3)C2)[nH]c2ccccc12. The molecule has 0 aliphatic carbocycles. The number of piperidine rings is 1. The summed E-state index contributed by atoms with van der Waals surface area (Å²) in [4.78, 5) is 5.08. The van der Waals surface area contributed by atoms with Crippen LogP contribution in [0.15, 0.2) is 63.3 Å². The minimum atomic E-state index is -4.18. The molecule has 2 fully saturated rings. The highest BCUT2D eigenvalue weighted by Gasteiger charge is 2.38. The monoisotopic (exact) mass is 550 g/mol. The van der Waals surface area contributed by atoms with Gasteiger partial charge in [0.15, 0.2) is 5.03 Å². The first kappa shape index (κ1) is 25.7. The van der Waals surface area contributed by atoms with Crippen molar-refractivity contribution in [1.82, 2.24) is 19.5 Å². The minimum Gasteiger partial charge on any atom is -0.343 e. The van der Waals surface area contributed by atoms with Crippen LogP contribution in [0.1, 0.15) is 25.7 Å².